The Morgan fingerprint density at radius 3 is 2.04 bits per heavy atom. The highest BCUT2D eigenvalue weighted by molar-refractivity contribution is 7.22. The summed E-state index contributed by atoms with van der Waals surface area (Å²) in [6, 6.07) is 20.3. The van der Waals surface area contributed by atoms with Gasteiger partial charge in [0.2, 0.25) is 0 Å². The number of carbonyl (C=O) groups excluding carboxylic acids is 3. The monoisotopic (exact) mass is 685 g/mol. The van der Waals surface area contributed by atoms with Gasteiger partial charge in [0, 0.05) is 16.2 Å². The van der Waals surface area contributed by atoms with Gasteiger partial charge < -0.3 is 24.3 Å². The zero-order valence-corrected chi connectivity index (χ0v) is 30.8. The topological polar surface area (TPSA) is 100 Å². The summed E-state index contributed by atoms with van der Waals surface area (Å²) in [5.41, 5.74) is 1.80. The molecular weight excluding hydrogens is 639 g/mol. The van der Waals surface area contributed by atoms with Crippen LogP contribution in [-0.2, 0) is 19.1 Å². The largest absolute Gasteiger partial charge is 0.457 e. The molecule has 0 bridgehead atoms. The number of hydrogen-bond donors (Lipinski definition) is 1. The van der Waals surface area contributed by atoms with Gasteiger partial charge in [-0.1, -0.05) is 64.1 Å². The van der Waals surface area contributed by atoms with Crippen molar-refractivity contribution in [3.05, 3.63) is 83.9 Å². The predicted octanol–water partition coefficient (Wildman–Crippen LogP) is 10.3. The van der Waals surface area contributed by atoms with E-state index in [4.69, 9.17) is 18.9 Å². The van der Waals surface area contributed by atoms with E-state index in [0.29, 0.717) is 17.2 Å². The van der Waals surface area contributed by atoms with E-state index in [-0.39, 0.29) is 11.8 Å². The third-order valence-corrected chi connectivity index (χ3v) is 8.34. The molecule has 4 aromatic rings. The summed E-state index contributed by atoms with van der Waals surface area (Å²) in [6.07, 6.45) is 2.44. The second-order valence-electron chi connectivity index (χ2n) is 14.5. The number of fused-ring (bicyclic) bond motifs is 1. The molecule has 0 aliphatic rings. The number of hydrogen-bond acceptors (Lipinski definition) is 8. The van der Waals surface area contributed by atoms with Gasteiger partial charge in [0.05, 0.1) is 4.88 Å². The average Bonchev–Trinajstić information content (AvgIpc) is 3.34. The minimum absolute atomic E-state index is 0.233. The van der Waals surface area contributed by atoms with Crippen molar-refractivity contribution in [2.75, 3.05) is 0 Å². The standard InChI is InChI=1S/C40H47NO7S/c1-24(2)29-13-11-12-14-30(29)36-35(45-27-18-15-26(16-19-27)17-22-33(42)47-39(5,6)7)31-21-20-28(23-32(31)49-36)46-37(43)34(25(3)4)41-38(44)48-40(8,9)10/h11-25,34H,1-10H3,(H,41,44)/t34-/m0/s1. The van der Waals surface area contributed by atoms with Crippen LogP contribution in [0.25, 0.3) is 26.6 Å². The van der Waals surface area contributed by atoms with E-state index in [9.17, 15) is 14.4 Å². The lowest BCUT2D eigenvalue weighted by Gasteiger charge is -2.24. The Kier molecular flexibility index (Phi) is 11.6. The molecule has 1 amide bonds. The van der Waals surface area contributed by atoms with Crippen molar-refractivity contribution in [3.8, 4) is 27.7 Å². The summed E-state index contributed by atoms with van der Waals surface area (Å²) >= 11 is 1.55. The molecular formula is C40H47NO7S. The van der Waals surface area contributed by atoms with Gasteiger partial charge in [0.25, 0.3) is 0 Å². The Hall–Kier alpha value is -4.63. The van der Waals surface area contributed by atoms with Crippen LogP contribution in [0.15, 0.2) is 72.8 Å². The average molecular weight is 686 g/mol. The van der Waals surface area contributed by atoms with Gasteiger partial charge >= 0.3 is 18.0 Å². The third kappa shape index (κ3) is 10.4. The zero-order valence-electron chi connectivity index (χ0n) is 30.0. The lowest BCUT2D eigenvalue weighted by Crippen LogP contribution is -2.48. The zero-order chi connectivity index (χ0) is 36.1. The van der Waals surface area contributed by atoms with Gasteiger partial charge in [0.1, 0.15) is 28.7 Å². The molecule has 3 aromatic carbocycles. The molecule has 1 aromatic heterocycles. The summed E-state index contributed by atoms with van der Waals surface area (Å²) in [5.74, 6) is 0.716. The Labute approximate surface area is 293 Å². The van der Waals surface area contributed by atoms with Gasteiger partial charge in [-0.25, -0.2) is 14.4 Å². The highest BCUT2D eigenvalue weighted by atomic mass is 32.1. The molecule has 4 rings (SSSR count). The molecule has 1 atom stereocenters. The van der Waals surface area contributed by atoms with Crippen LogP contribution in [0.2, 0.25) is 0 Å². The highest BCUT2D eigenvalue weighted by Gasteiger charge is 2.29. The summed E-state index contributed by atoms with van der Waals surface area (Å²) in [4.78, 5) is 38.8. The highest BCUT2D eigenvalue weighted by Crippen LogP contribution is 2.49. The Balaban J connectivity index is 1.66. The molecule has 9 heteroatoms. The smallest absolute Gasteiger partial charge is 0.408 e. The molecule has 1 N–H and O–H groups in total. The van der Waals surface area contributed by atoms with E-state index < -0.39 is 35.3 Å². The Bertz CT molecular complexity index is 1820. The number of thiophene rings is 1. The maximum Gasteiger partial charge on any atom is 0.408 e. The van der Waals surface area contributed by atoms with E-state index >= 15 is 0 Å². The van der Waals surface area contributed by atoms with E-state index in [1.54, 1.807) is 44.3 Å². The summed E-state index contributed by atoms with van der Waals surface area (Å²) < 4.78 is 24.0. The third-order valence-electron chi connectivity index (χ3n) is 7.17. The van der Waals surface area contributed by atoms with Crippen molar-refractivity contribution in [3.63, 3.8) is 0 Å². The lowest BCUT2D eigenvalue weighted by atomic mass is 9.96. The number of ether oxygens (including phenoxy) is 4. The molecule has 0 spiro atoms. The number of alkyl carbamates (subject to hydrolysis) is 1. The molecule has 49 heavy (non-hydrogen) atoms. The lowest BCUT2D eigenvalue weighted by molar-refractivity contribution is -0.148. The number of benzene rings is 3. The van der Waals surface area contributed by atoms with Gasteiger partial charge in [-0.2, -0.15) is 0 Å². The van der Waals surface area contributed by atoms with Gasteiger partial charge in [-0.3, -0.25) is 0 Å². The summed E-state index contributed by atoms with van der Waals surface area (Å²) in [7, 11) is 0. The molecule has 8 nitrogen and oxygen atoms in total. The van der Waals surface area contributed by atoms with E-state index in [0.717, 1.165) is 26.1 Å². The van der Waals surface area contributed by atoms with E-state index in [1.165, 1.54) is 11.6 Å². The molecule has 0 unspecified atom stereocenters. The Morgan fingerprint density at radius 2 is 1.43 bits per heavy atom. The van der Waals surface area contributed by atoms with Crippen molar-refractivity contribution < 1.29 is 33.3 Å². The minimum Gasteiger partial charge on any atom is -0.457 e. The molecule has 0 saturated heterocycles. The minimum atomic E-state index is -0.900. The fourth-order valence-corrected chi connectivity index (χ4v) is 6.19. The first-order valence-electron chi connectivity index (χ1n) is 16.5. The number of esters is 2. The number of carbonyl (C=O) groups is 3. The van der Waals surface area contributed by atoms with Crippen LogP contribution in [0.4, 0.5) is 4.79 Å². The van der Waals surface area contributed by atoms with E-state index in [2.05, 4.69) is 31.3 Å². The van der Waals surface area contributed by atoms with Gasteiger partial charge in [0.15, 0.2) is 5.75 Å². The first-order valence-corrected chi connectivity index (χ1v) is 17.3. The second kappa shape index (κ2) is 15.3. The molecule has 0 aliphatic heterocycles. The maximum atomic E-state index is 13.3. The van der Waals surface area contributed by atoms with Crippen LogP contribution in [0.3, 0.4) is 0 Å². The fraction of sp³-hybridized carbons (Fsp3) is 0.375. The number of nitrogens with one attached hydrogen (secondary N) is 1. The summed E-state index contributed by atoms with van der Waals surface area (Å²) in [5, 5.41) is 3.52. The van der Waals surface area contributed by atoms with Crippen molar-refractivity contribution in [1.29, 1.82) is 0 Å². The van der Waals surface area contributed by atoms with E-state index in [1.807, 2.05) is 83.1 Å². The number of amides is 1. The quantitative estimate of drug-likeness (QED) is 0.101. The van der Waals surface area contributed by atoms with Crippen LogP contribution in [0.1, 0.15) is 86.3 Å². The van der Waals surface area contributed by atoms with Crippen LogP contribution < -0.4 is 14.8 Å². The van der Waals surface area contributed by atoms with Crippen molar-refractivity contribution in [2.24, 2.45) is 5.92 Å². The first kappa shape index (κ1) is 37.2. The van der Waals surface area contributed by atoms with Crippen LogP contribution in [0.5, 0.6) is 17.2 Å². The van der Waals surface area contributed by atoms with Crippen molar-refractivity contribution in [2.45, 2.75) is 92.4 Å². The molecule has 1 heterocycles. The maximum absolute atomic E-state index is 13.3. The number of rotatable bonds is 10. The fourth-order valence-electron chi connectivity index (χ4n) is 4.98. The molecule has 0 aliphatic carbocycles. The predicted molar refractivity (Wildman–Crippen MR) is 196 cm³/mol. The molecule has 0 fully saturated rings. The molecule has 0 saturated carbocycles. The van der Waals surface area contributed by atoms with Crippen LogP contribution >= 0.6 is 11.3 Å². The molecule has 0 radical (unpaired) electrons. The molecule has 260 valence electrons. The second-order valence-corrected chi connectivity index (χ2v) is 15.5. The van der Waals surface area contributed by atoms with Crippen LogP contribution in [0, 0.1) is 5.92 Å². The van der Waals surface area contributed by atoms with Gasteiger partial charge in [-0.15, -0.1) is 11.3 Å². The van der Waals surface area contributed by atoms with Crippen molar-refractivity contribution >= 4 is 45.5 Å². The van der Waals surface area contributed by atoms with Crippen molar-refractivity contribution in [1.82, 2.24) is 5.32 Å². The van der Waals surface area contributed by atoms with Crippen LogP contribution in [-0.4, -0.2) is 35.3 Å². The normalized spacial score (nSPS) is 12.7. The summed E-state index contributed by atoms with van der Waals surface area (Å²) in [6.45, 7) is 18.7. The first-order chi connectivity index (χ1) is 22.9. The van der Waals surface area contributed by atoms with Gasteiger partial charge in [-0.05, 0) is 106 Å². The SMILES string of the molecule is CC(C)c1ccccc1-c1sc2cc(OC(=O)[C@@H](NC(=O)OC(C)(C)C)C(C)C)ccc2c1Oc1ccc(C=CC(=O)OC(C)(C)C)cc1. The Morgan fingerprint density at radius 1 is 0.796 bits per heavy atom.